The number of nitrogens with zero attached hydrogens (tertiary/aromatic N) is 3. The highest BCUT2D eigenvalue weighted by Gasteiger charge is 2.28. The van der Waals surface area contributed by atoms with Crippen molar-refractivity contribution >= 4 is 27.7 Å². The molecule has 150 valence electrons. The predicted octanol–water partition coefficient (Wildman–Crippen LogP) is 4.01. The van der Waals surface area contributed by atoms with Gasteiger partial charge in [0.25, 0.3) is 11.5 Å². The van der Waals surface area contributed by atoms with Crippen LogP contribution in [0.25, 0.3) is 21.8 Å². The van der Waals surface area contributed by atoms with Crippen molar-refractivity contribution in [2.45, 2.75) is 32.2 Å². The van der Waals surface area contributed by atoms with Gasteiger partial charge >= 0.3 is 0 Å². The van der Waals surface area contributed by atoms with Crippen LogP contribution in [0.15, 0.2) is 59.4 Å². The van der Waals surface area contributed by atoms with Crippen LogP contribution < -0.4 is 5.56 Å². The van der Waals surface area contributed by atoms with E-state index in [1.807, 2.05) is 55.5 Å². The van der Waals surface area contributed by atoms with Crippen LogP contribution in [0.2, 0.25) is 0 Å². The summed E-state index contributed by atoms with van der Waals surface area (Å²) < 4.78 is 0. The molecule has 0 aliphatic heterocycles. The molecule has 6 nitrogen and oxygen atoms in total. The third-order valence-corrected chi connectivity index (χ3v) is 5.63. The highest BCUT2D eigenvalue weighted by atomic mass is 16.2. The molecule has 0 saturated heterocycles. The van der Waals surface area contributed by atoms with Crippen LogP contribution in [-0.2, 0) is 6.54 Å². The lowest BCUT2D eigenvalue weighted by Crippen LogP contribution is -2.32. The average molecular weight is 398 g/mol. The van der Waals surface area contributed by atoms with Crippen molar-refractivity contribution in [3.05, 3.63) is 82.0 Å². The Labute approximate surface area is 173 Å². The second-order valence-corrected chi connectivity index (χ2v) is 7.74. The van der Waals surface area contributed by atoms with Gasteiger partial charge in [-0.05, 0) is 44.0 Å². The van der Waals surface area contributed by atoms with Crippen LogP contribution in [0.4, 0.5) is 0 Å². The quantitative estimate of drug-likeness (QED) is 0.551. The van der Waals surface area contributed by atoms with Crippen LogP contribution in [-0.4, -0.2) is 32.3 Å². The zero-order valence-electron chi connectivity index (χ0n) is 16.8. The molecule has 0 unspecified atom stereocenters. The SMILES string of the molecule is CCN(Cc1nc2ccccc2c(=O)[nH]1)C(=O)c1cc(C2CC2)nc2ccccc12. The van der Waals surface area contributed by atoms with Gasteiger partial charge in [0.2, 0.25) is 0 Å². The van der Waals surface area contributed by atoms with Crippen molar-refractivity contribution in [1.82, 2.24) is 19.9 Å². The number of hydrogen-bond donors (Lipinski definition) is 1. The summed E-state index contributed by atoms with van der Waals surface area (Å²) in [5, 5.41) is 1.40. The van der Waals surface area contributed by atoms with E-state index in [0.29, 0.717) is 34.8 Å². The van der Waals surface area contributed by atoms with Gasteiger partial charge in [-0.1, -0.05) is 30.3 Å². The number of aromatic nitrogens is 3. The van der Waals surface area contributed by atoms with Gasteiger partial charge < -0.3 is 9.88 Å². The number of nitrogens with one attached hydrogen (secondary N) is 1. The third kappa shape index (κ3) is 3.34. The zero-order chi connectivity index (χ0) is 20.7. The number of amides is 1. The van der Waals surface area contributed by atoms with Crippen LogP contribution in [0, 0.1) is 0 Å². The number of hydrogen-bond acceptors (Lipinski definition) is 4. The molecule has 0 radical (unpaired) electrons. The lowest BCUT2D eigenvalue weighted by atomic mass is 10.0. The Balaban J connectivity index is 1.53. The average Bonchev–Trinajstić information content (AvgIpc) is 3.62. The largest absolute Gasteiger partial charge is 0.331 e. The number of fused-ring (bicyclic) bond motifs is 2. The van der Waals surface area contributed by atoms with E-state index < -0.39 is 0 Å². The summed E-state index contributed by atoms with van der Waals surface area (Å²) in [4.78, 5) is 39.8. The van der Waals surface area contributed by atoms with Crippen LogP contribution in [0.1, 0.15) is 47.6 Å². The summed E-state index contributed by atoms with van der Waals surface area (Å²) in [6.45, 7) is 2.68. The van der Waals surface area contributed by atoms with Crippen molar-refractivity contribution < 1.29 is 4.79 Å². The van der Waals surface area contributed by atoms with E-state index >= 15 is 0 Å². The van der Waals surface area contributed by atoms with E-state index in [0.717, 1.165) is 29.4 Å². The van der Waals surface area contributed by atoms with Gasteiger partial charge in [0.1, 0.15) is 5.82 Å². The molecule has 1 fully saturated rings. The highest BCUT2D eigenvalue weighted by molar-refractivity contribution is 6.06. The summed E-state index contributed by atoms with van der Waals surface area (Å²) in [5.41, 5.74) is 2.94. The van der Waals surface area contributed by atoms with Gasteiger partial charge in [-0.2, -0.15) is 0 Å². The molecule has 2 heterocycles. The molecular weight excluding hydrogens is 376 g/mol. The van der Waals surface area contributed by atoms with E-state index in [4.69, 9.17) is 4.98 Å². The van der Waals surface area contributed by atoms with Crippen LogP contribution in [0.5, 0.6) is 0 Å². The Hall–Kier alpha value is -3.54. The highest BCUT2D eigenvalue weighted by Crippen LogP contribution is 2.40. The van der Waals surface area contributed by atoms with Crippen molar-refractivity contribution in [3.8, 4) is 0 Å². The fourth-order valence-electron chi connectivity index (χ4n) is 3.85. The monoisotopic (exact) mass is 398 g/mol. The summed E-state index contributed by atoms with van der Waals surface area (Å²) in [5.74, 6) is 0.859. The number of benzene rings is 2. The third-order valence-electron chi connectivity index (χ3n) is 5.63. The molecule has 0 bridgehead atoms. The number of carbonyl (C=O) groups excluding carboxylic acids is 1. The van der Waals surface area contributed by atoms with Gasteiger partial charge in [-0.3, -0.25) is 14.6 Å². The Bertz CT molecular complexity index is 1320. The van der Waals surface area contributed by atoms with Crippen molar-refractivity contribution in [3.63, 3.8) is 0 Å². The van der Waals surface area contributed by atoms with Gasteiger partial charge in [-0.25, -0.2) is 4.98 Å². The topological polar surface area (TPSA) is 79.0 Å². The predicted molar refractivity (Wildman–Crippen MR) is 116 cm³/mol. The van der Waals surface area contributed by atoms with Crippen molar-refractivity contribution in [2.24, 2.45) is 0 Å². The first-order chi connectivity index (χ1) is 14.6. The molecular formula is C24H22N4O2. The minimum absolute atomic E-state index is 0.0752. The first-order valence-electron chi connectivity index (χ1n) is 10.3. The summed E-state index contributed by atoms with van der Waals surface area (Å²) >= 11 is 0. The zero-order valence-corrected chi connectivity index (χ0v) is 16.8. The standard InChI is InChI=1S/C24H22N4O2/c1-2-28(14-22-26-20-10-6-4-8-17(20)23(29)27-22)24(30)18-13-21(15-11-12-15)25-19-9-5-3-7-16(18)19/h3-10,13,15H,2,11-12,14H2,1H3,(H,26,27,29). The molecule has 4 aromatic rings. The van der Waals surface area contributed by atoms with Crippen molar-refractivity contribution in [2.75, 3.05) is 6.54 Å². The molecule has 1 aliphatic rings. The molecule has 1 aliphatic carbocycles. The number of carbonyl (C=O) groups is 1. The molecule has 30 heavy (non-hydrogen) atoms. The Morgan fingerprint density at radius 2 is 1.70 bits per heavy atom. The number of aromatic amines is 1. The van der Waals surface area contributed by atoms with E-state index in [2.05, 4.69) is 9.97 Å². The molecule has 0 atom stereocenters. The molecule has 1 saturated carbocycles. The van der Waals surface area contributed by atoms with Gasteiger partial charge in [0, 0.05) is 23.5 Å². The lowest BCUT2D eigenvalue weighted by molar-refractivity contribution is 0.0750. The number of H-pyrrole nitrogens is 1. The summed E-state index contributed by atoms with van der Waals surface area (Å²) in [7, 11) is 0. The fraction of sp³-hybridized carbons (Fsp3) is 0.250. The van der Waals surface area contributed by atoms with Gasteiger partial charge in [-0.15, -0.1) is 0 Å². The Morgan fingerprint density at radius 3 is 2.40 bits per heavy atom. The maximum atomic E-state index is 13.5. The van der Waals surface area contributed by atoms with Crippen molar-refractivity contribution in [1.29, 1.82) is 0 Å². The maximum Gasteiger partial charge on any atom is 0.258 e. The van der Waals surface area contributed by atoms with Crippen LogP contribution in [0.3, 0.4) is 0 Å². The Kier molecular flexibility index (Phi) is 4.54. The molecule has 1 N–H and O–H groups in total. The van der Waals surface area contributed by atoms with Gasteiger partial charge in [0.15, 0.2) is 0 Å². The molecule has 5 rings (SSSR count). The van der Waals surface area contributed by atoms with E-state index in [-0.39, 0.29) is 18.0 Å². The molecule has 2 aromatic carbocycles. The molecule has 6 heteroatoms. The first-order valence-corrected chi connectivity index (χ1v) is 10.3. The second kappa shape index (κ2) is 7.37. The van der Waals surface area contributed by atoms with E-state index in [1.54, 1.807) is 11.0 Å². The fourth-order valence-corrected chi connectivity index (χ4v) is 3.85. The van der Waals surface area contributed by atoms with Gasteiger partial charge in [0.05, 0.1) is 28.5 Å². The number of pyridine rings is 1. The normalized spacial score (nSPS) is 13.6. The minimum atomic E-state index is -0.190. The molecule has 0 spiro atoms. The van der Waals surface area contributed by atoms with E-state index in [1.165, 1.54) is 0 Å². The molecule has 1 amide bonds. The first kappa shape index (κ1) is 18.5. The maximum absolute atomic E-state index is 13.5. The summed E-state index contributed by atoms with van der Waals surface area (Å²) in [6, 6.07) is 16.9. The number of para-hydroxylation sites is 2. The Morgan fingerprint density at radius 1 is 1.03 bits per heavy atom. The summed E-state index contributed by atoms with van der Waals surface area (Å²) in [6.07, 6.45) is 2.25. The van der Waals surface area contributed by atoms with Crippen LogP contribution >= 0.6 is 0 Å². The minimum Gasteiger partial charge on any atom is -0.331 e. The second-order valence-electron chi connectivity index (χ2n) is 7.74. The number of rotatable bonds is 5. The molecule has 2 aromatic heterocycles. The lowest BCUT2D eigenvalue weighted by Gasteiger charge is -2.21. The van der Waals surface area contributed by atoms with E-state index in [9.17, 15) is 9.59 Å². The smallest absolute Gasteiger partial charge is 0.258 e.